The van der Waals surface area contributed by atoms with Crippen LogP contribution < -0.4 is 0 Å². The van der Waals surface area contributed by atoms with Gasteiger partial charge in [-0.2, -0.15) is 0 Å². The molecule has 0 spiro atoms. The van der Waals surface area contributed by atoms with Crippen LogP contribution in [0.25, 0.3) is 0 Å². The van der Waals surface area contributed by atoms with Gasteiger partial charge in [0.1, 0.15) is 0 Å². The fourth-order valence-corrected chi connectivity index (χ4v) is 2.23. The lowest BCUT2D eigenvalue weighted by Gasteiger charge is -2.24. The molecule has 1 aliphatic rings. The number of hydrogen-bond acceptors (Lipinski definition) is 2. The van der Waals surface area contributed by atoms with Gasteiger partial charge in [0.2, 0.25) is 5.91 Å². The second-order valence-corrected chi connectivity index (χ2v) is 4.82. The molecular weight excluding hydrogens is 226 g/mol. The van der Waals surface area contributed by atoms with Crippen molar-refractivity contribution in [1.29, 1.82) is 0 Å². The molecule has 1 fully saturated rings. The van der Waals surface area contributed by atoms with Gasteiger partial charge in [0.15, 0.2) is 0 Å². The summed E-state index contributed by atoms with van der Waals surface area (Å²) in [5, 5.41) is 0. The maximum atomic E-state index is 12.2. The van der Waals surface area contributed by atoms with Crippen molar-refractivity contribution in [2.24, 2.45) is 5.92 Å². The molecule has 0 aliphatic carbocycles. The molecule has 1 amide bonds. The lowest BCUT2D eigenvalue weighted by atomic mass is 10.0. The van der Waals surface area contributed by atoms with Gasteiger partial charge in [-0.1, -0.05) is 13.3 Å². The van der Waals surface area contributed by atoms with Gasteiger partial charge in [-0.15, -0.1) is 11.6 Å². The van der Waals surface area contributed by atoms with Crippen molar-refractivity contribution >= 4 is 17.5 Å². The molecule has 1 aliphatic heterocycles. The van der Waals surface area contributed by atoms with Gasteiger partial charge >= 0.3 is 0 Å². The van der Waals surface area contributed by atoms with Gasteiger partial charge in [-0.25, -0.2) is 0 Å². The van der Waals surface area contributed by atoms with Crippen molar-refractivity contribution in [3.8, 4) is 0 Å². The number of carbonyl (C=O) groups excluding carboxylic acids is 1. The molecule has 0 aromatic heterocycles. The fourth-order valence-electron chi connectivity index (χ4n) is 2.03. The number of alkyl halides is 1. The first-order valence-electron chi connectivity index (χ1n) is 6.15. The van der Waals surface area contributed by atoms with Gasteiger partial charge in [-0.3, -0.25) is 4.79 Å². The van der Waals surface area contributed by atoms with E-state index in [1.807, 2.05) is 11.8 Å². The monoisotopic (exact) mass is 247 g/mol. The molecule has 94 valence electrons. The second kappa shape index (κ2) is 7.13. The average Bonchev–Trinajstić information content (AvgIpc) is 2.70. The van der Waals surface area contributed by atoms with Gasteiger partial charge in [0, 0.05) is 19.0 Å². The van der Waals surface area contributed by atoms with Gasteiger partial charge in [-0.05, 0) is 19.8 Å². The number of unbranched alkanes of at least 4 members (excludes halogenated alkanes) is 1. The molecule has 1 heterocycles. The zero-order chi connectivity index (χ0) is 12.0. The first-order chi connectivity index (χ1) is 7.69. The van der Waals surface area contributed by atoms with E-state index < -0.39 is 0 Å². The summed E-state index contributed by atoms with van der Waals surface area (Å²) in [5.74, 6) is 0.784. The fraction of sp³-hybridized carbons (Fsp3) is 0.917. The SMILES string of the molecule is CCCCN(CCCl)C(=O)C1COC(C)C1. The van der Waals surface area contributed by atoms with E-state index in [-0.39, 0.29) is 17.9 Å². The predicted molar refractivity (Wildman–Crippen MR) is 65.7 cm³/mol. The van der Waals surface area contributed by atoms with Crippen molar-refractivity contribution in [2.45, 2.75) is 39.2 Å². The first kappa shape index (κ1) is 13.8. The van der Waals surface area contributed by atoms with Gasteiger partial charge in [0.25, 0.3) is 0 Å². The summed E-state index contributed by atoms with van der Waals surface area (Å²) in [7, 11) is 0. The van der Waals surface area contributed by atoms with E-state index in [0.29, 0.717) is 19.0 Å². The van der Waals surface area contributed by atoms with Crippen LogP contribution in [-0.4, -0.2) is 42.5 Å². The average molecular weight is 248 g/mol. The Labute approximate surface area is 103 Å². The number of amides is 1. The van der Waals surface area contributed by atoms with E-state index >= 15 is 0 Å². The Morgan fingerprint density at radius 2 is 2.25 bits per heavy atom. The number of ether oxygens (including phenoxy) is 1. The van der Waals surface area contributed by atoms with Crippen LogP contribution >= 0.6 is 11.6 Å². The highest BCUT2D eigenvalue weighted by molar-refractivity contribution is 6.18. The van der Waals surface area contributed by atoms with Crippen molar-refractivity contribution in [2.75, 3.05) is 25.6 Å². The largest absolute Gasteiger partial charge is 0.378 e. The van der Waals surface area contributed by atoms with E-state index in [9.17, 15) is 4.79 Å². The third-order valence-electron chi connectivity index (χ3n) is 3.00. The van der Waals surface area contributed by atoms with E-state index in [2.05, 4.69) is 6.92 Å². The predicted octanol–water partition coefficient (Wildman–Crippen LogP) is 2.28. The van der Waals surface area contributed by atoms with Crippen LogP contribution in [0, 0.1) is 5.92 Å². The third-order valence-corrected chi connectivity index (χ3v) is 3.16. The number of carbonyl (C=O) groups is 1. The quantitative estimate of drug-likeness (QED) is 0.674. The van der Waals surface area contributed by atoms with Crippen LogP contribution in [0.5, 0.6) is 0 Å². The first-order valence-corrected chi connectivity index (χ1v) is 6.68. The van der Waals surface area contributed by atoms with Crippen molar-refractivity contribution in [3.63, 3.8) is 0 Å². The van der Waals surface area contributed by atoms with Crippen molar-refractivity contribution < 1.29 is 9.53 Å². The van der Waals surface area contributed by atoms with E-state index in [4.69, 9.17) is 16.3 Å². The Balaban J connectivity index is 2.45. The molecule has 4 heteroatoms. The van der Waals surface area contributed by atoms with Gasteiger partial charge in [0.05, 0.1) is 18.6 Å². The molecule has 2 unspecified atom stereocenters. The molecule has 0 N–H and O–H groups in total. The Hall–Kier alpha value is -0.280. The van der Waals surface area contributed by atoms with Crippen LogP contribution in [0.2, 0.25) is 0 Å². The highest BCUT2D eigenvalue weighted by Crippen LogP contribution is 2.21. The molecule has 0 aromatic rings. The maximum Gasteiger partial charge on any atom is 0.228 e. The molecule has 16 heavy (non-hydrogen) atoms. The standard InChI is InChI=1S/C12H22ClNO2/c1-3-4-6-14(7-5-13)12(15)11-8-10(2)16-9-11/h10-11H,3-9H2,1-2H3. The zero-order valence-corrected chi connectivity index (χ0v) is 11.0. The molecule has 0 aromatic carbocycles. The highest BCUT2D eigenvalue weighted by Gasteiger charge is 2.31. The molecule has 0 radical (unpaired) electrons. The molecule has 0 saturated carbocycles. The number of hydrogen-bond donors (Lipinski definition) is 0. The van der Waals surface area contributed by atoms with Crippen molar-refractivity contribution in [1.82, 2.24) is 4.90 Å². The van der Waals surface area contributed by atoms with Crippen LogP contribution in [0.3, 0.4) is 0 Å². The number of rotatable bonds is 6. The number of halogens is 1. The molecule has 3 nitrogen and oxygen atoms in total. The lowest BCUT2D eigenvalue weighted by molar-refractivity contribution is -0.135. The minimum atomic E-state index is 0.0510. The summed E-state index contributed by atoms with van der Waals surface area (Å²) in [4.78, 5) is 14.1. The van der Waals surface area contributed by atoms with E-state index in [1.165, 1.54) is 0 Å². The smallest absolute Gasteiger partial charge is 0.228 e. The normalized spacial score (nSPS) is 24.7. The van der Waals surface area contributed by atoms with Crippen LogP contribution in [-0.2, 0) is 9.53 Å². The summed E-state index contributed by atoms with van der Waals surface area (Å²) in [6.45, 7) is 6.21. The molecular formula is C12H22ClNO2. The summed E-state index contributed by atoms with van der Waals surface area (Å²) < 4.78 is 5.44. The summed E-state index contributed by atoms with van der Waals surface area (Å²) in [6, 6.07) is 0. The topological polar surface area (TPSA) is 29.5 Å². The molecule has 1 saturated heterocycles. The van der Waals surface area contributed by atoms with E-state index in [1.54, 1.807) is 0 Å². The summed E-state index contributed by atoms with van der Waals surface area (Å²) >= 11 is 5.73. The second-order valence-electron chi connectivity index (χ2n) is 4.44. The third kappa shape index (κ3) is 3.95. The molecule has 0 bridgehead atoms. The Kier molecular flexibility index (Phi) is 6.14. The number of nitrogens with zero attached hydrogens (tertiary/aromatic N) is 1. The summed E-state index contributed by atoms with van der Waals surface area (Å²) in [6.07, 6.45) is 3.22. The Morgan fingerprint density at radius 1 is 1.50 bits per heavy atom. The van der Waals surface area contributed by atoms with Crippen LogP contribution in [0.4, 0.5) is 0 Å². The summed E-state index contributed by atoms with van der Waals surface area (Å²) in [5.41, 5.74) is 0. The minimum Gasteiger partial charge on any atom is -0.378 e. The van der Waals surface area contributed by atoms with Gasteiger partial charge < -0.3 is 9.64 Å². The highest BCUT2D eigenvalue weighted by atomic mass is 35.5. The van der Waals surface area contributed by atoms with Crippen LogP contribution in [0.1, 0.15) is 33.1 Å². The molecule has 2 atom stereocenters. The Bertz CT molecular complexity index is 223. The van der Waals surface area contributed by atoms with Crippen molar-refractivity contribution in [3.05, 3.63) is 0 Å². The van der Waals surface area contributed by atoms with E-state index in [0.717, 1.165) is 25.8 Å². The lowest BCUT2D eigenvalue weighted by Crippen LogP contribution is -2.38. The zero-order valence-electron chi connectivity index (χ0n) is 10.2. The molecule has 1 rings (SSSR count). The Morgan fingerprint density at radius 3 is 2.75 bits per heavy atom. The maximum absolute atomic E-state index is 12.2. The minimum absolute atomic E-state index is 0.0510. The van der Waals surface area contributed by atoms with Crippen LogP contribution in [0.15, 0.2) is 0 Å².